The Bertz CT molecular complexity index is 520. The Kier molecular flexibility index (Phi) is 6.49. The van der Waals surface area contributed by atoms with Crippen molar-refractivity contribution in [2.45, 2.75) is 33.2 Å². The summed E-state index contributed by atoms with van der Waals surface area (Å²) in [4.78, 5) is 23.8. The second-order valence-corrected chi connectivity index (χ2v) is 5.38. The van der Waals surface area contributed by atoms with Crippen molar-refractivity contribution in [3.05, 3.63) is 28.8 Å². The van der Waals surface area contributed by atoms with Gasteiger partial charge in [-0.3, -0.25) is 0 Å². The van der Waals surface area contributed by atoms with Gasteiger partial charge in [0.1, 0.15) is 6.04 Å². The fraction of sp³-hybridized carbons (Fsp3) is 0.467. The molecule has 0 aliphatic heterocycles. The lowest BCUT2D eigenvalue weighted by Crippen LogP contribution is -2.47. The van der Waals surface area contributed by atoms with Gasteiger partial charge in [0.2, 0.25) is 0 Å². The van der Waals surface area contributed by atoms with Crippen molar-refractivity contribution in [2.24, 2.45) is 5.92 Å². The molecule has 0 heterocycles. The molecule has 6 heteroatoms. The van der Waals surface area contributed by atoms with Crippen LogP contribution in [0.5, 0.6) is 0 Å². The van der Waals surface area contributed by atoms with Crippen LogP contribution in [0, 0.1) is 12.8 Å². The van der Waals surface area contributed by atoms with E-state index in [1.54, 1.807) is 12.1 Å². The molecule has 0 radical (unpaired) electrons. The number of ether oxygens (including phenoxy) is 1. The summed E-state index contributed by atoms with van der Waals surface area (Å²) >= 11 is 5.91. The standard InChI is InChI=1S/C15H21ClN2O3/c1-5-9(2)13(14(19)21-4)18-15(20)17-12-8-11(16)7-6-10(12)3/h6-9,13H,5H2,1-4H3,(H2,17,18,20)/t9-,13+/m1/s1. The second kappa shape index (κ2) is 7.88. The molecule has 5 nitrogen and oxygen atoms in total. The Hall–Kier alpha value is -1.75. The Labute approximate surface area is 130 Å². The van der Waals surface area contributed by atoms with E-state index in [-0.39, 0.29) is 5.92 Å². The van der Waals surface area contributed by atoms with Crippen LogP contribution in [0.3, 0.4) is 0 Å². The van der Waals surface area contributed by atoms with Gasteiger partial charge in [-0.15, -0.1) is 0 Å². The number of anilines is 1. The third-order valence-corrected chi connectivity index (χ3v) is 3.64. The molecule has 0 unspecified atom stereocenters. The lowest BCUT2D eigenvalue weighted by atomic mass is 9.99. The molecule has 1 aromatic rings. The van der Waals surface area contributed by atoms with Gasteiger partial charge >= 0.3 is 12.0 Å². The van der Waals surface area contributed by atoms with Gasteiger partial charge in [-0.2, -0.15) is 0 Å². The molecule has 0 aliphatic rings. The maximum absolute atomic E-state index is 12.1. The normalized spacial score (nSPS) is 13.2. The van der Waals surface area contributed by atoms with Crippen LogP contribution in [-0.2, 0) is 9.53 Å². The van der Waals surface area contributed by atoms with Gasteiger partial charge < -0.3 is 15.4 Å². The highest BCUT2D eigenvalue weighted by molar-refractivity contribution is 6.31. The summed E-state index contributed by atoms with van der Waals surface area (Å²) in [5, 5.41) is 5.87. The van der Waals surface area contributed by atoms with Crippen molar-refractivity contribution in [1.29, 1.82) is 0 Å². The summed E-state index contributed by atoms with van der Waals surface area (Å²) in [7, 11) is 1.30. The number of esters is 1. The number of carbonyl (C=O) groups excluding carboxylic acids is 2. The number of nitrogens with one attached hydrogen (secondary N) is 2. The number of halogens is 1. The van der Waals surface area contributed by atoms with Crippen molar-refractivity contribution in [3.63, 3.8) is 0 Å². The zero-order chi connectivity index (χ0) is 16.0. The van der Waals surface area contributed by atoms with E-state index < -0.39 is 18.0 Å². The highest BCUT2D eigenvalue weighted by Gasteiger charge is 2.26. The minimum Gasteiger partial charge on any atom is -0.467 e. The average molecular weight is 313 g/mol. The molecule has 2 atom stereocenters. The van der Waals surface area contributed by atoms with E-state index in [1.165, 1.54) is 7.11 Å². The first-order chi connectivity index (χ1) is 9.88. The number of amides is 2. The highest BCUT2D eigenvalue weighted by Crippen LogP contribution is 2.20. The van der Waals surface area contributed by atoms with Crippen LogP contribution in [0.1, 0.15) is 25.8 Å². The molecule has 2 N–H and O–H groups in total. The molecule has 1 rings (SSSR count). The molecular weight excluding hydrogens is 292 g/mol. The third-order valence-electron chi connectivity index (χ3n) is 3.40. The first kappa shape index (κ1) is 17.3. The van der Waals surface area contributed by atoms with Crippen molar-refractivity contribution < 1.29 is 14.3 Å². The number of rotatable bonds is 5. The fourth-order valence-electron chi connectivity index (χ4n) is 1.82. The first-order valence-electron chi connectivity index (χ1n) is 6.80. The molecule has 1 aromatic carbocycles. The number of benzene rings is 1. The SMILES string of the molecule is CC[C@@H](C)[C@H](NC(=O)Nc1cc(Cl)ccc1C)C(=O)OC. The minimum absolute atomic E-state index is 0.0244. The minimum atomic E-state index is -0.681. The topological polar surface area (TPSA) is 67.4 Å². The molecule has 116 valence electrons. The van der Waals surface area contributed by atoms with Crippen LogP contribution in [-0.4, -0.2) is 25.2 Å². The molecule has 0 bridgehead atoms. The summed E-state index contributed by atoms with van der Waals surface area (Å²) in [6.45, 7) is 5.69. The predicted octanol–water partition coefficient (Wildman–Crippen LogP) is 3.36. The number of hydrogen-bond donors (Lipinski definition) is 2. The summed E-state index contributed by atoms with van der Waals surface area (Å²) in [6, 6.07) is 4.07. The van der Waals surface area contributed by atoms with Crippen molar-refractivity contribution in [2.75, 3.05) is 12.4 Å². The molecule has 0 fully saturated rings. The molecule has 0 aliphatic carbocycles. The summed E-state index contributed by atoms with van der Waals surface area (Å²) in [5.74, 6) is -0.481. The maximum Gasteiger partial charge on any atom is 0.328 e. The molecule has 0 spiro atoms. The van der Waals surface area contributed by atoms with Gasteiger partial charge in [0.05, 0.1) is 7.11 Å². The lowest BCUT2D eigenvalue weighted by Gasteiger charge is -2.22. The number of aryl methyl sites for hydroxylation is 1. The highest BCUT2D eigenvalue weighted by atomic mass is 35.5. The lowest BCUT2D eigenvalue weighted by molar-refractivity contribution is -0.144. The van der Waals surface area contributed by atoms with Gasteiger partial charge in [-0.25, -0.2) is 9.59 Å². The van der Waals surface area contributed by atoms with Crippen LogP contribution >= 0.6 is 11.6 Å². The Morgan fingerprint density at radius 2 is 2.05 bits per heavy atom. The summed E-state index contributed by atoms with van der Waals surface area (Å²) in [6.07, 6.45) is 0.746. The Morgan fingerprint density at radius 1 is 1.38 bits per heavy atom. The smallest absolute Gasteiger partial charge is 0.328 e. The fourth-order valence-corrected chi connectivity index (χ4v) is 2.00. The van der Waals surface area contributed by atoms with Crippen molar-refractivity contribution in [1.82, 2.24) is 5.32 Å². The molecule has 0 aromatic heterocycles. The van der Waals surface area contributed by atoms with Crippen LogP contribution in [0.25, 0.3) is 0 Å². The van der Waals surface area contributed by atoms with Crippen LogP contribution in [0.2, 0.25) is 5.02 Å². The van der Waals surface area contributed by atoms with Gasteiger partial charge in [-0.1, -0.05) is 37.9 Å². The zero-order valence-corrected chi connectivity index (χ0v) is 13.5. The number of hydrogen-bond acceptors (Lipinski definition) is 3. The monoisotopic (exact) mass is 312 g/mol. The van der Waals surface area contributed by atoms with E-state index in [0.29, 0.717) is 10.7 Å². The molecule has 0 saturated carbocycles. The van der Waals surface area contributed by atoms with Gasteiger partial charge in [0.25, 0.3) is 0 Å². The molecular formula is C15H21ClN2O3. The number of urea groups is 1. The van der Waals surface area contributed by atoms with E-state index in [1.807, 2.05) is 26.8 Å². The quantitative estimate of drug-likeness (QED) is 0.819. The van der Waals surface area contributed by atoms with E-state index in [2.05, 4.69) is 10.6 Å². The number of carbonyl (C=O) groups is 2. The van der Waals surface area contributed by atoms with Crippen molar-refractivity contribution >= 4 is 29.3 Å². The van der Waals surface area contributed by atoms with E-state index >= 15 is 0 Å². The van der Waals surface area contributed by atoms with Gasteiger partial charge in [0.15, 0.2) is 0 Å². The van der Waals surface area contributed by atoms with E-state index in [9.17, 15) is 9.59 Å². The summed E-state index contributed by atoms with van der Waals surface area (Å²) in [5.41, 5.74) is 1.49. The van der Waals surface area contributed by atoms with E-state index in [0.717, 1.165) is 12.0 Å². The maximum atomic E-state index is 12.1. The Morgan fingerprint density at radius 3 is 2.62 bits per heavy atom. The number of methoxy groups -OCH3 is 1. The Balaban J connectivity index is 2.78. The molecule has 0 saturated heterocycles. The van der Waals surface area contributed by atoms with Gasteiger partial charge in [-0.05, 0) is 30.5 Å². The van der Waals surface area contributed by atoms with Crippen LogP contribution < -0.4 is 10.6 Å². The average Bonchev–Trinajstić information content (AvgIpc) is 2.47. The van der Waals surface area contributed by atoms with Crippen LogP contribution in [0.15, 0.2) is 18.2 Å². The first-order valence-corrected chi connectivity index (χ1v) is 7.18. The molecule has 2 amide bonds. The van der Waals surface area contributed by atoms with Gasteiger partial charge in [0, 0.05) is 10.7 Å². The second-order valence-electron chi connectivity index (χ2n) is 4.94. The third kappa shape index (κ3) is 4.93. The largest absolute Gasteiger partial charge is 0.467 e. The zero-order valence-electron chi connectivity index (χ0n) is 12.7. The van der Waals surface area contributed by atoms with Crippen LogP contribution in [0.4, 0.5) is 10.5 Å². The van der Waals surface area contributed by atoms with Crippen molar-refractivity contribution in [3.8, 4) is 0 Å². The molecule has 21 heavy (non-hydrogen) atoms. The summed E-state index contributed by atoms with van der Waals surface area (Å²) < 4.78 is 4.73. The van der Waals surface area contributed by atoms with E-state index in [4.69, 9.17) is 16.3 Å². The predicted molar refractivity (Wildman–Crippen MR) is 83.6 cm³/mol.